The Morgan fingerprint density at radius 3 is 2.42 bits per heavy atom. The van der Waals surface area contributed by atoms with Crippen molar-refractivity contribution >= 4 is 11.8 Å². The van der Waals surface area contributed by atoms with E-state index in [9.17, 15) is 14.0 Å². The lowest BCUT2D eigenvalue weighted by Gasteiger charge is -2.13. The second-order valence-electron chi connectivity index (χ2n) is 5.98. The van der Waals surface area contributed by atoms with Crippen molar-refractivity contribution in [1.82, 2.24) is 25.6 Å². The summed E-state index contributed by atoms with van der Waals surface area (Å²) in [6.07, 6.45) is 3.04. The fraction of sp³-hybridized carbons (Fsp3) is 0.167. The molecule has 1 aromatic carbocycles. The Morgan fingerprint density at radius 1 is 1.12 bits per heavy atom. The zero-order valence-corrected chi connectivity index (χ0v) is 14.3. The number of amides is 2. The summed E-state index contributed by atoms with van der Waals surface area (Å²) in [7, 11) is 0. The maximum atomic E-state index is 13.2. The van der Waals surface area contributed by atoms with Crippen molar-refractivity contribution in [1.29, 1.82) is 0 Å². The lowest BCUT2D eigenvalue weighted by Crippen LogP contribution is -2.42. The number of hydrogen-bond donors (Lipinski definition) is 3. The number of nitrogens with one attached hydrogen (secondary N) is 3. The van der Waals surface area contributed by atoms with Crippen molar-refractivity contribution in [2.24, 2.45) is 0 Å². The number of hydrazine groups is 1. The quantitative estimate of drug-likeness (QED) is 0.628. The van der Waals surface area contributed by atoms with E-state index >= 15 is 0 Å². The lowest BCUT2D eigenvalue weighted by atomic mass is 10.1. The van der Waals surface area contributed by atoms with Gasteiger partial charge in [0.05, 0.1) is 23.1 Å². The van der Waals surface area contributed by atoms with Crippen LogP contribution >= 0.6 is 0 Å². The zero-order valence-electron chi connectivity index (χ0n) is 14.3. The molecule has 0 bridgehead atoms. The molecule has 2 heterocycles. The van der Waals surface area contributed by atoms with Gasteiger partial charge in [0.1, 0.15) is 11.5 Å². The minimum Gasteiger partial charge on any atom is -0.357 e. The predicted molar refractivity (Wildman–Crippen MR) is 93.3 cm³/mol. The fourth-order valence-corrected chi connectivity index (χ4v) is 2.60. The van der Waals surface area contributed by atoms with Gasteiger partial charge in [0.25, 0.3) is 11.8 Å². The van der Waals surface area contributed by atoms with Gasteiger partial charge in [-0.25, -0.2) is 9.07 Å². The van der Waals surface area contributed by atoms with Gasteiger partial charge in [0.15, 0.2) is 0 Å². The minimum atomic E-state index is -0.484. The Hall–Kier alpha value is -3.42. The summed E-state index contributed by atoms with van der Waals surface area (Å²) in [6.45, 7) is 3.84. The van der Waals surface area contributed by atoms with Crippen LogP contribution in [0.5, 0.6) is 0 Å². The Morgan fingerprint density at radius 2 is 1.81 bits per heavy atom. The van der Waals surface area contributed by atoms with E-state index in [1.807, 2.05) is 13.8 Å². The number of halogens is 1. The summed E-state index contributed by atoms with van der Waals surface area (Å²) < 4.78 is 14.7. The van der Waals surface area contributed by atoms with Crippen LogP contribution < -0.4 is 10.9 Å². The van der Waals surface area contributed by atoms with Crippen molar-refractivity contribution in [3.8, 4) is 5.69 Å². The molecule has 0 spiro atoms. The van der Waals surface area contributed by atoms with Crippen molar-refractivity contribution < 1.29 is 14.0 Å². The van der Waals surface area contributed by atoms with Crippen molar-refractivity contribution in [3.05, 3.63) is 71.6 Å². The third-order valence-electron chi connectivity index (χ3n) is 3.80. The second-order valence-corrected chi connectivity index (χ2v) is 5.98. The highest BCUT2D eigenvalue weighted by molar-refractivity contribution is 5.99. The van der Waals surface area contributed by atoms with Crippen LogP contribution in [0.1, 0.15) is 46.3 Å². The van der Waals surface area contributed by atoms with Crippen molar-refractivity contribution in [2.75, 3.05) is 0 Å². The number of rotatable bonds is 4. The van der Waals surface area contributed by atoms with Crippen LogP contribution in [0.2, 0.25) is 0 Å². The average Bonchev–Trinajstić information content (AvgIpc) is 3.29. The molecule has 0 fully saturated rings. The predicted octanol–water partition coefficient (Wildman–Crippen LogP) is 2.54. The van der Waals surface area contributed by atoms with Gasteiger partial charge in [-0.1, -0.05) is 13.8 Å². The van der Waals surface area contributed by atoms with E-state index < -0.39 is 11.8 Å². The molecule has 134 valence electrons. The Balaban J connectivity index is 1.82. The average molecular weight is 355 g/mol. The molecule has 0 saturated carbocycles. The fourth-order valence-electron chi connectivity index (χ4n) is 2.60. The summed E-state index contributed by atoms with van der Waals surface area (Å²) in [4.78, 5) is 27.1. The molecule has 3 N–H and O–H groups in total. The molecule has 26 heavy (non-hydrogen) atoms. The van der Waals surface area contributed by atoms with Crippen LogP contribution in [-0.4, -0.2) is 26.6 Å². The first-order valence-electron chi connectivity index (χ1n) is 8.05. The van der Waals surface area contributed by atoms with Gasteiger partial charge in [-0.05, 0) is 42.3 Å². The third kappa shape index (κ3) is 3.49. The highest BCUT2D eigenvalue weighted by Crippen LogP contribution is 2.23. The molecular formula is C18H18FN5O2. The molecule has 0 aliphatic carbocycles. The third-order valence-corrected chi connectivity index (χ3v) is 3.80. The number of carbonyl (C=O) groups is 2. The first kappa shape index (κ1) is 17.4. The molecule has 0 aliphatic heterocycles. The molecule has 2 amide bonds. The largest absolute Gasteiger partial charge is 0.357 e. The molecule has 0 saturated heterocycles. The molecule has 7 nitrogen and oxygen atoms in total. The van der Waals surface area contributed by atoms with Gasteiger partial charge in [-0.15, -0.1) is 0 Å². The smallest absolute Gasteiger partial charge is 0.286 e. The summed E-state index contributed by atoms with van der Waals surface area (Å²) in [5.41, 5.74) is 6.69. The van der Waals surface area contributed by atoms with Gasteiger partial charge in [0.2, 0.25) is 0 Å². The number of benzene rings is 1. The van der Waals surface area contributed by atoms with Gasteiger partial charge >= 0.3 is 0 Å². The van der Waals surface area contributed by atoms with Crippen LogP contribution in [0.15, 0.2) is 48.8 Å². The highest BCUT2D eigenvalue weighted by Gasteiger charge is 2.21. The first-order valence-corrected chi connectivity index (χ1v) is 8.05. The SMILES string of the molecule is CC(C)c1c(C(=O)NNC(=O)c2ccc[nH]2)cnn1-c1ccc(F)cc1. The number of H-pyrrole nitrogens is 1. The monoisotopic (exact) mass is 355 g/mol. The summed E-state index contributed by atoms with van der Waals surface area (Å²) in [5.74, 6) is -1.32. The zero-order chi connectivity index (χ0) is 18.7. The van der Waals surface area contributed by atoms with Crippen LogP contribution in [-0.2, 0) is 0 Å². The maximum Gasteiger partial charge on any atom is 0.286 e. The van der Waals surface area contributed by atoms with E-state index in [1.54, 1.807) is 35.1 Å². The summed E-state index contributed by atoms with van der Waals surface area (Å²) in [6, 6.07) is 9.11. The molecule has 8 heteroatoms. The standard InChI is InChI=1S/C18H18FN5O2/c1-11(2)16-14(10-21-24(16)13-7-5-12(19)6-8-13)17(25)22-23-18(26)15-4-3-9-20-15/h3-11,20H,1-2H3,(H,22,25)(H,23,26). The van der Waals surface area contributed by atoms with E-state index in [1.165, 1.54) is 18.3 Å². The first-order chi connectivity index (χ1) is 12.5. The molecule has 2 aromatic heterocycles. The highest BCUT2D eigenvalue weighted by atomic mass is 19.1. The van der Waals surface area contributed by atoms with Gasteiger partial charge in [-0.3, -0.25) is 20.4 Å². The molecular weight excluding hydrogens is 337 g/mol. The van der Waals surface area contributed by atoms with Crippen LogP contribution in [0.3, 0.4) is 0 Å². The Kier molecular flexibility index (Phi) is 4.83. The van der Waals surface area contributed by atoms with Crippen LogP contribution in [0, 0.1) is 5.82 Å². The number of hydrogen-bond acceptors (Lipinski definition) is 3. The lowest BCUT2D eigenvalue weighted by molar-refractivity contribution is 0.0843. The number of nitrogens with zero attached hydrogens (tertiary/aromatic N) is 2. The van der Waals surface area contributed by atoms with E-state index in [2.05, 4.69) is 20.9 Å². The number of aromatic amines is 1. The number of carbonyl (C=O) groups excluding carboxylic acids is 2. The molecule has 0 atom stereocenters. The van der Waals surface area contributed by atoms with Crippen LogP contribution in [0.4, 0.5) is 4.39 Å². The van der Waals surface area contributed by atoms with Crippen molar-refractivity contribution in [3.63, 3.8) is 0 Å². The van der Waals surface area contributed by atoms with Gasteiger partial charge in [0, 0.05) is 6.20 Å². The molecule has 3 rings (SSSR count). The van der Waals surface area contributed by atoms with E-state index in [0.717, 1.165) is 0 Å². The Labute approximate surface area is 149 Å². The molecule has 0 aliphatic rings. The Bertz CT molecular complexity index is 914. The second kappa shape index (κ2) is 7.22. The molecule has 3 aromatic rings. The van der Waals surface area contributed by atoms with Gasteiger partial charge in [-0.2, -0.15) is 5.10 Å². The van der Waals surface area contributed by atoms with E-state index in [4.69, 9.17) is 0 Å². The number of aromatic nitrogens is 3. The molecule has 0 radical (unpaired) electrons. The normalized spacial score (nSPS) is 10.8. The van der Waals surface area contributed by atoms with E-state index in [0.29, 0.717) is 22.6 Å². The topological polar surface area (TPSA) is 91.8 Å². The minimum absolute atomic E-state index is 0.0255. The summed E-state index contributed by atoms with van der Waals surface area (Å²) in [5, 5.41) is 4.25. The summed E-state index contributed by atoms with van der Waals surface area (Å²) >= 11 is 0. The maximum absolute atomic E-state index is 13.2. The van der Waals surface area contributed by atoms with Gasteiger partial charge < -0.3 is 4.98 Å². The molecule has 0 unspecified atom stereocenters. The van der Waals surface area contributed by atoms with Crippen molar-refractivity contribution in [2.45, 2.75) is 19.8 Å². The van der Waals surface area contributed by atoms with E-state index in [-0.39, 0.29) is 11.7 Å². The van der Waals surface area contributed by atoms with Crippen LogP contribution in [0.25, 0.3) is 5.69 Å².